The van der Waals surface area contributed by atoms with Crippen LogP contribution in [0.15, 0.2) is 64.0 Å². The monoisotopic (exact) mass is 450 g/mol. The molecule has 0 bridgehead atoms. The summed E-state index contributed by atoms with van der Waals surface area (Å²) in [6, 6.07) is 18.5. The Hall–Kier alpha value is -2.64. The molecule has 3 aromatic rings. The van der Waals surface area contributed by atoms with Crippen molar-refractivity contribution < 1.29 is 9.32 Å². The Morgan fingerprint density at radius 3 is 2.62 bits per heavy atom. The van der Waals surface area contributed by atoms with Crippen molar-refractivity contribution in [2.24, 2.45) is 5.92 Å². The molecule has 6 nitrogen and oxygen atoms in total. The van der Waals surface area contributed by atoms with Gasteiger partial charge in [0.15, 0.2) is 0 Å². The Labute approximate surface area is 193 Å². The second-order valence-corrected chi connectivity index (χ2v) is 9.40. The summed E-state index contributed by atoms with van der Waals surface area (Å²) in [5, 5.41) is 7.23. The molecule has 0 aliphatic carbocycles. The SMILES string of the molecule is Cc1ccc(-c2noc(CN3CCC(C(=O)NCCCSc4ccccc4)CC3)n2)cc1. The highest BCUT2D eigenvalue weighted by Crippen LogP contribution is 2.21. The van der Waals surface area contributed by atoms with E-state index in [4.69, 9.17) is 4.52 Å². The van der Waals surface area contributed by atoms with E-state index in [-0.39, 0.29) is 11.8 Å². The first kappa shape index (κ1) is 22.6. The largest absolute Gasteiger partial charge is 0.356 e. The lowest BCUT2D eigenvalue weighted by molar-refractivity contribution is -0.126. The third-order valence-electron chi connectivity index (χ3n) is 5.73. The number of piperidine rings is 1. The highest BCUT2D eigenvalue weighted by molar-refractivity contribution is 7.99. The molecule has 0 unspecified atom stereocenters. The molecule has 1 N–H and O–H groups in total. The second-order valence-electron chi connectivity index (χ2n) is 8.23. The van der Waals surface area contributed by atoms with E-state index in [1.807, 2.05) is 42.1 Å². The number of nitrogens with zero attached hydrogens (tertiary/aromatic N) is 3. The number of thioether (sulfide) groups is 1. The quantitative estimate of drug-likeness (QED) is 0.381. The molecule has 1 saturated heterocycles. The number of aromatic nitrogens is 2. The zero-order valence-corrected chi connectivity index (χ0v) is 19.3. The lowest BCUT2D eigenvalue weighted by Gasteiger charge is -2.30. The number of amides is 1. The van der Waals surface area contributed by atoms with Crippen molar-refractivity contribution in [3.05, 3.63) is 66.1 Å². The van der Waals surface area contributed by atoms with E-state index >= 15 is 0 Å². The fourth-order valence-electron chi connectivity index (χ4n) is 3.82. The van der Waals surface area contributed by atoms with Crippen LogP contribution in [-0.2, 0) is 11.3 Å². The number of hydrogen-bond acceptors (Lipinski definition) is 6. The zero-order chi connectivity index (χ0) is 22.2. The molecule has 0 saturated carbocycles. The molecule has 1 amide bonds. The molecule has 4 rings (SSSR count). The van der Waals surface area contributed by atoms with Crippen LogP contribution in [0.25, 0.3) is 11.4 Å². The average Bonchev–Trinajstić information content (AvgIpc) is 3.29. The van der Waals surface area contributed by atoms with Crippen LogP contribution < -0.4 is 5.32 Å². The van der Waals surface area contributed by atoms with Crippen molar-refractivity contribution in [2.75, 3.05) is 25.4 Å². The van der Waals surface area contributed by atoms with Gasteiger partial charge in [0.2, 0.25) is 17.6 Å². The Morgan fingerprint density at radius 1 is 1.12 bits per heavy atom. The summed E-state index contributed by atoms with van der Waals surface area (Å²) in [6.45, 7) is 5.15. The Morgan fingerprint density at radius 2 is 1.88 bits per heavy atom. The van der Waals surface area contributed by atoms with Gasteiger partial charge < -0.3 is 9.84 Å². The number of carbonyl (C=O) groups excluding carboxylic acids is 1. The van der Waals surface area contributed by atoms with Crippen LogP contribution in [0.5, 0.6) is 0 Å². The lowest BCUT2D eigenvalue weighted by atomic mass is 9.96. The first-order valence-corrected chi connectivity index (χ1v) is 12.2. The summed E-state index contributed by atoms with van der Waals surface area (Å²) in [7, 11) is 0. The smallest absolute Gasteiger partial charge is 0.241 e. The van der Waals surface area contributed by atoms with Gasteiger partial charge in [-0.25, -0.2) is 0 Å². The lowest BCUT2D eigenvalue weighted by Crippen LogP contribution is -2.40. The first-order chi connectivity index (χ1) is 15.7. The van der Waals surface area contributed by atoms with Crippen molar-refractivity contribution in [1.29, 1.82) is 0 Å². The van der Waals surface area contributed by atoms with E-state index in [9.17, 15) is 4.79 Å². The first-order valence-electron chi connectivity index (χ1n) is 11.2. The zero-order valence-electron chi connectivity index (χ0n) is 18.5. The van der Waals surface area contributed by atoms with E-state index in [1.165, 1.54) is 10.5 Å². The van der Waals surface area contributed by atoms with E-state index in [1.54, 1.807) is 0 Å². The van der Waals surface area contributed by atoms with Gasteiger partial charge in [0.05, 0.1) is 6.54 Å². The molecule has 0 spiro atoms. The maximum atomic E-state index is 12.5. The van der Waals surface area contributed by atoms with Gasteiger partial charge in [-0.3, -0.25) is 9.69 Å². The van der Waals surface area contributed by atoms with Gasteiger partial charge in [-0.05, 0) is 57.2 Å². The predicted molar refractivity (Wildman–Crippen MR) is 127 cm³/mol. The molecule has 32 heavy (non-hydrogen) atoms. The predicted octanol–water partition coefficient (Wildman–Crippen LogP) is 4.56. The van der Waals surface area contributed by atoms with Crippen LogP contribution in [0.4, 0.5) is 0 Å². The van der Waals surface area contributed by atoms with E-state index < -0.39 is 0 Å². The van der Waals surface area contributed by atoms with Gasteiger partial charge in [0.1, 0.15) is 0 Å². The Bertz CT molecular complexity index is 983. The number of benzene rings is 2. The highest BCUT2D eigenvalue weighted by Gasteiger charge is 2.25. The summed E-state index contributed by atoms with van der Waals surface area (Å²) >= 11 is 1.83. The second kappa shape index (κ2) is 11.3. The molecule has 1 aliphatic rings. The molecule has 0 atom stereocenters. The van der Waals surface area contributed by atoms with Crippen molar-refractivity contribution in [3.63, 3.8) is 0 Å². The van der Waals surface area contributed by atoms with Crippen LogP contribution in [-0.4, -0.2) is 46.3 Å². The number of hydrogen-bond donors (Lipinski definition) is 1. The molecule has 2 aromatic carbocycles. The molecule has 1 aromatic heterocycles. The number of likely N-dealkylation sites (tertiary alicyclic amines) is 1. The van der Waals surface area contributed by atoms with Crippen LogP contribution in [0.3, 0.4) is 0 Å². The summed E-state index contributed by atoms with van der Waals surface area (Å²) < 4.78 is 5.45. The van der Waals surface area contributed by atoms with Crippen LogP contribution in [0.1, 0.15) is 30.7 Å². The minimum atomic E-state index is 0.0961. The number of nitrogens with one attached hydrogen (secondary N) is 1. The molecule has 2 heterocycles. The number of aryl methyl sites for hydroxylation is 1. The van der Waals surface area contributed by atoms with Gasteiger partial charge in [-0.2, -0.15) is 4.98 Å². The molecule has 1 aliphatic heterocycles. The van der Waals surface area contributed by atoms with Crippen LogP contribution in [0, 0.1) is 12.8 Å². The Balaban J connectivity index is 1.14. The summed E-state index contributed by atoms with van der Waals surface area (Å²) in [6.07, 6.45) is 2.71. The van der Waals surface area contributed by atoms with E-state index in [2.05, 4.69) is 51.5 Å². The Kier molecular flexibility index (Phi) is 7.96. The highest BCUT2D eigenvalue weighted by atomic mass is 32.2. The van der Waals surface area contributed by atoms with Crippen molar-refractivity contribution in [3.8, 4) is 11.4 Å². The minimum Gasteiger partial charge on any atom is -0.356 e. The minimum absolute atomic E-state index is 0.0961. The van der Waals surface area contributed by atoms with Gasteiger partial charge in [-0.1, -0.05) is 53.2 Å². The van der Waals surface area contributed by atoms with Crippen molar-refractivity contribution >= 4 is 17.7 Å². The van der Waals surface area contributed by atoms with Crippen LogP contribution in [0.2, 0.25) is 0 Å². The molecule has 7 heteroatoms. The summed E-state index contributed by atoms with van der Waals surface area (Å²) in [5.74, 6) is 2.55. The maximum absolute atomic E-state index is 12.5. The summed E-state index contributed by atoms with van der Waals surface area (Å²) in [4.78, 5) is 20.6. The molecular formula is C25H30N4O2S. The normalized spacial score (nSPS) is 15.0. The summed E-state index contributed by atoms with van der Waals surface area (Å²) in [5.41, 5.74) is 2.17. The molecule has 0 radical (unpaired) electrons. The standard InChI is InChI=1S/C25H30N4O2S/c1-19-8-10-20(11-9-19)24-27-23(31-28-24)18-29-15-12-21(13-16-29)25(30)26-14-5-17-32-22-6-3-2-4-7-22/h2-4,6-11,21H,5,12-18H2,1H3,(H,26,30). The number of carbonyl (C=O) groups is 1. The van der Waals surface area contributed by atoms with E-state index in [0.29, 0.717) is 18.3 Å². The van der Waals surface area contributed by atoms with Gasteiger partial charge in [0, 0.05) is 22.9 Å². The van der Waals surface area contributed by atoms with Crippen molar-refractivity contribution in [1.82, 2.24) is 20.4 Å². The van der Waals surface area contributed by atoms with Gasteiger partial charge in [0.25, 0.3) is 0 Å². The average molecular weight is 451 g/mol. The fraction of sp³-hybridized carbons (Fsp3) is 0.400. The fourth-order valence-corrected chi connectivity index (χ4v) is 4.69. The molecular weight excluding hydrogens is 420 g/mol. The molecule has 168 valence electrons. The number of rotatable bonds is 9. The van der Waals surface area contributed by atoms with Gasteiger partial charge >= 0.3 is 0 Å². The molecule has 1 fully saturated rings. The third-order valence-corrected chi connectivity index (χ3v) is 6.83. The third kappa shape index (κ3) is 6.43. The van der Waals surface area contributed by atoms with Gasteiger partial charge in [-0.15, -0.1) is 11.8 Å². The topological polar surface area (TPSA) is 71.3 Å². The van der Waals surface area contributed by atoms with Crippen LogP contribution >= 0.6 is 11.8 Å². The maximum Gasteiger partial charge on any atom is 0.241 e. The van der Waals surface area contributed by atoms with Crippen molar-refractivity contribution in [2.45, 2.75) is 37.6 Å². The van der Waals surface area contributed by atoms with E-state index in [0.717, 1.165) is 50.2 Å².